The summed E-state index contributed by atoms with van der Waals surface area (Å²) >= 11 is 1.09. The van der Waals surface area contributed by atoms with Gasteiger partial charge in [0.2, 0.25) is 5.95 Å². The second-order valence-electron chi connectivity index (χ2n) is 8.86. The fourth-order valence-electron chi connectivity index (χ4n) is 4.49. The van der Waals surface area contributed by atoms with Gasteiger partial charge in [-0.1, -0.05) is 6.07 Å². The van der Waals surface area contributed by atoms with Crippen LogP contribution in [0.2, 0.25) is 0 Å². The van der Waals surface area contributed by atoms with E-state index in [0.717, 1.165) is 65.5 Å². The fraction of sp³-hybridized carbons (Fsp3) is 0.308. The zero-order valence-corrected chi connectivity index (χ0v) is 20.7. The molecule has 1 aromatic heterocycles. The quantitative estimate of drug-likeness (QED) is 0.428. The van der Waals surface area contributed by atoms with Crippen LogP contribution in [-0.4, -0.2) is 60.5 Å². The minimum atomic E-state index is -0.114. The molecule has 9 heteroatoms. The van der Waals surface area contributed by atoms with Gasteiger partial charge in [-0.05, 0) is 67.7 Å². The van der Waals surface area contributed by atoms with Crippen LogP contribution in [-0.2, 0) is 6.42 Å². The summed E-state index contributed by atoms with van der Waals surface area (Å²) in [5, 5.41) is 14.4. The number of rotatable bonds is 5. The molecule has 2 aromatic carbocycles. The number of nitrogens with zero attached hydrogens (tertiary/aromatic N) is 6. The van der Waals surface area contributed by atoms with Gasteiger partial charge in [0.1, 0.15) is 5.40 Å². The molecule has 0 spiro atoms. The van der Waals surface area contributed by atoms with E-state index < -0.39 is 0 Å². The van der Waals surface area contributed by atoms with Gasteiger partial charge in [0.25, 0.3) is 5.91 Å². The number of hydrogen-bond acceptors (Lipinski definition) is 8. The lowest BCUT2D eigenvalue weighted by Gasteiger charge is -2.34. The molecule has 2 aliphatic rings. The molecule has 0 saturated carbocycles. The van der Waals surface area contributed by atoms with Crippen LogP contribution in [0, 0.1) is 17.6 Å². The molecular formula is C26H27N7OS. The molecule has 35 heavy (non-hydrogen) atoms. The van der Waals surface area contributed by atoms with Crippen molar-refractivity contribution in [3.8, 4) is 5.40 Å². The van der Waals surface area contributed by atoms with Crippen molar-refractivity contribution in [2.75, 3.05) is 54.9 Å². The summed E-state index contributed by atoms with van der Waals surface area (Å²) in [6.45, 7) is 6.71. The Morgan fingerprint density at radius 3 is 2.57 bits per heavy atom. The van der Waals surface area contributed by atoms with Gasteiger partial charge in [-0.15, -0.1) is 0 Å². The number of thiocyanates is 1. The number of hydrogen-bond donors (Lipinski definition) is 1. The van der Waals surface area contributed by atoms with Crippen molar-refractivity contribution in [1.29, 1.82) is 5.26 Å². The highest BCUT2D eigenvalue weighted by Gasteiger charge is 2.28. The van der Waals surface area contributed by atoms with Gasteiger partial charge in [0, 0.05) is 67.3 Å². The lowest BCUT2D eigenvalue weighted by molar-refractivity contribution is 0.0979. The number of carbonyl (C=O) groups excluding carboxylic acids is 1. The first kappa shape index (κ1) is 23.1. The maximum Gasteiger partial charge on any atom is 0.261 e. The lowest BCUT2D eigenvalue weighted by Crippen LogP contribution is -2.44. The van der Waals surface area contributed by atoms with Gasteiger partial charge in [0.15, 0.2) is 0 Å². The number of anilines is 4. The third-order valence-electron chi connectivity index (χ3n) is 6.54. The number of aromatic nitrogens is 2. The number of likely N-dealkylation sites (N-methyl/N-ethyl adjacent to an activating group) is 1. The molecule has 1 N–H and O–H groups in total. The minimum absolute atomic E-state index is 0.114. The second-order valence-corrected chi connectivity index (χ2v) is 9.72. The van der Waals surface area contributed by atoms with Crippen LogP contribution in [0.1, 0.15) is 21.6 Å². The van der Waals surface area contributed by atoms with E-state index in [4.69, 9.17) is 5.26 Å². The first-order valence-electron chi connectivity index (χ1n) is 11.7. The molecule has 0 radical (unpaired) electrons. The monoisotopic (exact) mass is 485 g/mol. The number of amides is 1. The SMILES string of the molecule is Cc1ccc(SC#N)cc1N1CCc2nc(Nc3ccc(N4CCN(C)CC4)cc3)ncc2C1=O. The zero-order valence-electron chi connectivity index (χ0n) is 19.9. The molecule has 0 aliphatic carbocycles. The van der Waals surface area contributed by atoms with Gasteiger partial charge in [-0.25, -0.2) is 9.97 Å². The molecule has 178 valence electrons. The van der Waals surface area contributed by atoms with Crippen molar-refractivity contribution in [3.63, 3.8) is 0 Å². The third-order valence-corrected chi connectivity index (χ3v) is 7.12. The van der Waals surface area contributed by atoms with E-state index in [9.17, 15) is 4.79 Å². The van der Waals surface area contributed by atoms with Crippen molar-refractivity contribution in [1.82, 2.24) is 14.9 Å². The maximum absolute atomic E-state index is 13.3. The molecule has 2 aliphatic heterocycles. The van der Waals surface area contributed by atoms with Crippen molar-refractivity contribution < 1.29 is 4.79 Å². The van der Waals surface area contributed by atoms with E-state index in [0.29, 0.717) is 24.5 Å². The molecule has 5 rings (SSSR count). The summed E-state index contributed by atoms with van der Waals surface area (Å²) in [5.74, 6) is 0.373. The second kappa shape index (κ2) is 9.94. The van der Waals surface area contributed by atoms with Crippen LogP contribution in [0.5, 0.6) is 0 Å². The molecule has 3 heterocycles. The molecule has 1 fully saturated rings. The highest BCUT2D eigenvalue weighted by Crippen LogP contribution is 2.31. The van der Waals surface area contributed by atoms with E-state index in [2.05, 4.69) is 49.7 Å². The first-order chi connectivity index (χ1) is 17.0. The molecule has 0 unspecified atom stereocenters. The number of nitrogens with one attached hydrogen (secondary N) is 1. The van der Waals surface area contributed by atoms with Crippen molar-refractivity contribution in [2.24, 2.45) is 0 Å². The summed E-state index contributed by atoms with van der Waals surface area (Å²) in [4.78, 5) is 29.6. The van der Waals surface area contributed by atoms with E-state index in [1.54, 1.807) is 11.1 Å². The Morgan fingerprint density at radius 2 is 1.83 bits per heavy atom. The fourth-order valence-corrected chi connectivity index (χ4v) is 4.90. The Morgan fingerprint density at radius 1 is 1.06 bits per heavy atom. The standard InChI is InChI=1S/C26H27N7OS/c1-18-3-8-21(35-17-27)15-24(18)33-10-9-23-22(25(33)34)16-28-26(30-23)29-19-4-6-20(7-5-19)32-13-11-31(2)12-14-32/h3-8,15-16H,9-14H2,1-2H3,(H,28,29,30). The lowest BCUT2D eigenvalue weighted by atomic mass is 10.0. The van der Waals surface area contributed by atoms with E-state index in [-0.39, 0.29) is 5.91 Å². The maximum atomic E-state index is 13.3. The first-order valence-corrected chi connectivity index (χ1v) is 12.5. The summed E-state index contributed by atoms with van der Waals surface area (Å²) in [6.07, 6.45) is 2.25. The molecule has 1 amide bonds. The van der Waals surface area contributed by atoms with Gasteiger partial charge in [-0.3, -0.25) is 4.79 Å². The van der Waals surface area contributed by atoms with Crippen molar-refractivity contribution >= 4 is 40.7 Å². The number of nitriles is 1. The number of carbonyl (C=O) groups is 1. The van der Waals surface area contributed by atoms with Gasteiger partial charge in [-0.2, -0.15) is 5.26 Å². The van der Waals surface area contributed by atoms with Crippen LogP contribution in [0.25, 0.3) is 0 Å². The van der Waals surface area contributed by atoms with Gasteiger partial charge < -0.3 is 20.0 Å². The van der Waals surface area contributed by atoms with E-state index in [1.807, 2.05) is 37.3 Å². The smallest absolute Gasteiger partial charge is 0.261 e. The Labute approximate surface area is 209 Å². The Bertz CT molecular complexity index is 1280. The summed E-state index contributed by atoms with van der Waals surface area (Å²) in [7, 11) is 2.16. The number of piperazine rings is 1. The van der Waals surface area contributed by atoms with Crippen LogP contribution in [0.4, 0.5) is 23.0 Å². The predicted octanol–water partition coefficient (Wildman–Crippen LogP) is 4.06. The van der Waals surface area contributed by atoms with Gasteiger partial charge in [0.05, 0.1) is 11.3 Å². The molecule has 0 atom stereocenters. The highest BCUT2D eigenvalue weighted by molar-refractivity contribution is 8.03. The molecular weight excluding hydrogens is 458 g/mol. The number of thioether (sulfide) groups is 1. The minimum Gasteiger partial charge on any atom is -0.369 e. The topological polar surface area (TPSA) is 88.4 Å². The zero-order chi connectivity index (χ0) is 24.4. The number of benzene rings is 2. The van der Waals surface area contributed by atoms with Crippen LogP contribution >= 0.6 is 11.8 Å². The van der Waals surface area contributed by atoms with Gasteiger partial charge >= 0.3 is 0 Å². The molecule has 3 aromatic rings. The molecule has 0 bridgehead atoms. The molecule has 8 nitrogen and oxygen atoms in total. The predicted molar refractivity (Wildman–Crippen MR) is 139 cm³/mol. The number of aryl methyl sites for hydroxylation is 1. The van der Waals surface area contributed by atoms with Crippen molar-refractivity contribution in [3.05, 3.63) is 65.5 Å². The molecule has 1 saturated heterocycles. The average molecular weight is 486 g/mol. The summed E-state index contributed by atoms with van der Waals surface area (Å²) in [5.41, 5.74) is 5.21. The normalized spacial score (nSPS) is 16.1. The Balaban J connectivity index is 1.29. The van der Waals surface area contributed by atoms with E-state index in [1.165, 1.54) is 5.69 Å². The van der Waals surface area contributed by atoms with Crippen LogP contribution in [0.15, 0.2) is 53.6 Å². The van der Waals surface area contributed by atoms with Crippen LogP contribution < -0.4 is 15.1 Å². The van der Waals surface area contributed by atoms with E-state index >= 15 is 0 Å². The highest BCUT2D eigenvalue weighted by atomic mass is 32.2. The summed E-state index contributed by atoms with van der Waals surface area (Å²) in [6, 6.07) is 14.1. The third kappa shape index (κ3) is 4.94. The number of fused-ring (bicyclic) bond motifs is 1. The largest absolute Gasteiger partial charge is 0.369 e. The van der Waals surface area contributed by atoms with Crippen LogP contribution in [0.3, 0.4) is 0 Å². The Hall–Kier alpha value is -3.61. The summed E-state index contributed by atoms with van der Waals surface area (Å²) < 4.78 is 0. The van der Waals surface area contributed by atoms with Crippen molar-refractivity contribution in [2.45, 2.75) is 18.2 Å². The average Bonchev–Trinajstić information content (AvgIpc) is 2.87. The Kier molecular flexibility index (Phi) is 6.57.